The maximum absolute atomic E-state index is 5.78. The van der Waals surface area contributed by atoms with Crippen molar-refractivity contribution >= 4 is 17.4 Å². The van der Waals surface area contributed by atoms with Crippen LogP contribution in [0.1, 0.15) is 11.3 Å². The van der Waals surface area contributed by atoms with Gasteiger partial charge in [0, 0.05) is 35.3 Å². The highest BCUT2D eigenvalue weighted by atomic mass is 32.2. The minimum Gasteiger partial charge on any atom is -0.399 e. The Morgan fingerprint density at radius 1 is 1.44 bits per heavy atom. The lowest BCUT2D eigenvalue weighted by atomic mass is 10.2. The topological polar surface area (TPSA) is 43.8 Å². The lowest BCUT2D eigenvalue weighted by molar-refractivity contribution is 0.867. The molecule has 0 amide bonds. The van der Waals surface area contributed by atoms with E-state index >= 15 is 0 Å². The van der Waals surface area contributed by atoms with E-state index < -0.39 is 0 Å². The maximum atomic E-state index is 5.78. The summed E-state index contributed by atoms with van der Waals surface area (Å²) in [6.07, 6.45) is 3.72. The van der Waals surface area contributed by atoms with Gasteiger partial charge in [-0.3, -0.25) is 0 Å². The zero-order valence-corrected chi connectivity index (χ0v) is 10.3. The lowest BCUT2D eigenvalue weighted by Crippen LogP contribution is -1.92. The number of hydrogen-bond acceptors (Lipinski definition) is 3. The van der Waals surface area contributed by atoms with Gasteiger partial charge >= 0.3 is 0 Å². The van der Waals surface area contributed by atoms with Crippen molar-refractivity contribution in [2.24, 2.45) is 7.05 Å². The Labute approximate surface area is 99.7 Å². The van der Waals surface area contributed by atoms with Crippen molar-refractivity contribution in [3.63, 3.8) is 0 Å². The van der Waals surface area contributed by atoms with Gasteiger partial charge in [0.15, 0.2) is 0 Å². The smallest absolute Gasteiger partial charge is 0.0945 e. The molecule has 0 spiro atoms. The molecule has 1 aromatic carbocycles. The number of nitrogen functional groups attached to an aromatic ring is 1. The van der Waals surface area contributed by atoms with Crippen LogP contribution in [0.15, 0.2) is 35.6 Å². The number of nitrogens with zero attached hydrogens (tertiary/aromatic N) is 2. The van der Waals surface area contributed by atoms with Gasteiger partial charge in [-0.2, -0.15) is 0 Å². The number of imidazole rings is 1. The first kappa shape index (κ1) is 11.1. The Hall–Kier alpha value is -1.42. The van der Waals surface area contributed by atoms with Crippen LogP contribution in [0.3, 0.4) is 0 Å². The molecule has 0 unspecified atom stereocenters. The molecule has 2 N–H and O–H groups in total. The van der Waals surface area contributed by atoms with Crippen LogP contribution >= 0.6 is 11.8 Å². The molecule has 0 aliphatic rings. The van der Waals surface area contributed by atoms with Gasteiger partial charge in [-0.25, -0.2) is 4.98 Å². The molecule has 84 valence electrons. The number of rotatable bonds is 3. The fraction of sp³-hybridized carbons (Fsp3) is 0.250. The summed E-state index contributed by atoms with van der Waals surface area (Å²) in [5.74, 6) is 0.930. The number of aryl methyl sites for hydroxylation is 2. The summed E-state index contributed by atoms with van der Waals surface area (Å²) in [6.45, 7) is 2.03. The maximum Gasteiger partial charge on any atom is 0.0945 e. The molecule has 2 aromatic rings. The Kier molecular flexibility index (Phi) is 3.19. The Balaban J connectivity index is 2.05. The van der Waals surface area contributed by atoms with Crippen molar-refractivity contribution in [1.82, 2.24) is 9.55 Å². The largest absolute Gasteiger partial charge is 0.399 e. The highest BCUT2D eigenvalue weighted by Crippen LogP contribution is 2.25. The molecular formula is C12H15N3S. The lowest BCUT2D eigenvalue weighted by Gasteiger charge is -2.05. The third-order valence-corrected chi connectivity index (χ3v) is 3.57. The summed E-state index contributed by atoms with van der Waals surface area (Å²) in [6, 6.07) is 6.14. The monoisotopic (exact) mass is 233 g/mol. The minimum atomic E-state index is 0.852. The third-order valence-electron chi connectivity index (χ3n) is 2.54. The number of anilines is 1. The second-order valence-corrected chi connectivity index (χ2v) is 4.85. The van der Waals surface area contributed by atoms with E-state index in [1.54, 1.807) is 11.8 Å². The van der Waals surface area contributed by atoms with E-state index in [4.69, 9.17) is 5.73 Å². The average molecular weight is 233 g/mol. The van der Waals surface area contributed by atoms with Crippen LogP contribution in [0.25, 0.3) is 0 Å². The molecule has 1 heterocycles. The van der Waals surface area contributed by atoms with Gasteiger partial charge in [-0.05, 0) is 30.7 Å². The van der Waals surface area contributed by atoms with Crippen LogP contribution in [0.5, 0.6) is 0 Å². The highest BCUT2D eigenvalue weighted by Gasteiger charge is 2.01. The van der Waals surface area contributed by atoms with Crippen LogP contribution in [0, 0.1) is 6.92 Å². The molecule has 0 bridgehead atoms. The van der Waals surface area contributed by atoms with Gasteiger partial charge in [0.25, 0.3) is 0 Å². The first-order valence-corrected chi connectivity index (χ1v) is 6.09. The van der Waals surface area contributed by atoms with Crippen LogP contribution in [0.2, 0.25) is 0 Å². The Morgan fingerprint density at radius 3 is 2.88 bits per heavy atom. The van der Waals surface area contributed by atoms with E-state index in [-0.39, 0.29) is 0 Å². The molecule has 0 fully saturated rings. The van der Waals surface area contributed by atoms with E-state index in [0.29, 0.717) is 0 Å². The number of thioether (sulfide) groups is 1. The summed E-state index contributed by atoms with van der Waals surface area (Å²) < 4.78 is 2.04. The predicted octanol–water partition coefficient (Wildman–Crippen LogP) is 2.60. The molecule has 16 heavy (non-hydrogen) atoms. The fourth-order valence-electron chi connectivity index (χ4n) is 1.42. The van der Waals surface area contributed by atoms with Crippen molar-refractivity contribution in [3.8, 4) is 0 Å². The molecule has 0 aliphatic carbocycles. The molecule has 3 nitrogen and oxygen atoms in total. The number of hydrogen-bond donors (Lipinski definition) is 1. The van der Waals surface area contributed by atoms with Gasteiger partial charge in [0.05, 0.1) is 6.33 Å². The van der Waals surface area contributed by atoms with E-state index in [0.717, 1.165) is 17.0 Å². The Morgan fingerprint density at radius 2 is 2.25 bits per heavy atom. The first-order chi connectivity index (χ1) is 7.66. The summed E-state index contributed by atoms with van der Waals surface area (Å²) >= 11 is 1.80. The van der Waals surface area contributed by atoms with E-state index in [1.807, 2.05) is 37.1 Å². The summed E-state index contributed by atoms with van der Waals surface area (Å²) in [5.41, 5.74) is 8.99. The zero-order chi connectivity index (χ0) is 11.5. The van der Waals surface area contributed by atoms with E-state index in [2.05, 4.69) is 17.1 Å². The van der Waals surface area contributed by atoms with Crippen molar-refractivity contribution in [3.05, 3.63) is 42.0 Å². The van der Waals surface area contributed by atoms with Crippen molar-refractivity contribution in [1.29, 1.82) is 0 Å². The van der Waals surface area contributed by atoms with Crippen LogP contribution in [0.4, 0.5) is 5.69 Å². The molecule has 4 heteroatoms. The van der Waals surface area contributed by atoms with Crippen LogP contribution in [-0.4, -0.2) is 9.55 Å². The highest BCUT2D eigenvalue weighted by molar-refractivity contribution is 7.98. The van der Waals surface area contributed by atoms with Crippen molar-refractivity contribution in [2.75, 3.05) is 5.73 Å². The van der Waals surface area contributed by atoms with E-state index in [9.17, 15) is 0 Å². The van der Waals surface area contributed by atoms with Crippen LogP contribution < -0.4 is 5.73 Å². The normalized spacial score (nSPS) is 10.6. The van der Waals surface area contributed by atoms with Gasteiger partial charge in [0.2, 0.25) is 0 Å². The molecule has 0 saturated carbocycles. The summed E-state index contributed by atoms with van der Waals surface area (Å²) in [4.78, 5) is 5.34. The van der Waals surface area contributed by atoms with Gasteiger partial charge in [0.1, 0.15) is 0 Å². The minimum absolute atomic E-state index is 0.852. The summed E-state index contributed by atoms with van der Waals surface area (Å²) in [5, 5.41) is 0. The summed E-state index contributed by atoms with van der Waals surface area (Å²) in [7, 11) is 2.01. The van der Waals surface area contributed by atoms with Crippen molar-refractivity contribution < 1.29 is 0 Å². The van der Waals surface area contributed by atoms with Gasteiger partial charge < -0.3 is 10.3 Å². The molecule has 0 atom stereocenters. The second-order valence-electron chi connectivity index (χ2n) is 3.80. The molecule has 0 saturated heterocycles. The Bertz CT molecular complexity index is 491. The average Bonchev–Trinajstić information content (AvgIpc) is 2.66. The zero-order valence-electron chi connectivity index (χ0n) is 9.47. The first-order valence-electron chi connectivity index (χ1n) is 5.11. The third kappa shape index (κ3) is 2.39. The predicted molar refractivity (Wildman–Crippen MR) is 68.4 cm³/mol. The van der Waals surface area contributed by atoms with Crippen LogP contribution in [-0.2, 0) is 12.8 Å². The number of aromatic nitrogens is 2. The van der Waals surface area contributed by atoms with Crippen molar-refractivity contribution in [2.45, 2.75) is 17.6 Å². The van der Waals surface area contributed by atoms with E-state index in [1.165, 1.54) is 10.6 Å². The quantitative estimate of drug-likeness (QED) is 0.654. The fourth-order valence-corrected chi connectivity index (χ4v) is 2.44. The SMILES string of the molecule is Cc1cc(SCc2cncn2C)ccc1N. The number of benzene rings is 1. The van der Waals surface area contributed by atoms with Gasteiger partial charge in [-0.15, -0.1) is 11.8 Å². The second kappa shape index (κ2) is 4.61. The standard InChI is InChI=1S/C12H15N3S/c1-9-5-11(3-4-12(9)13)16-7-10-6-14-8-15(10)2/h3-6,8H,7,13H2,1-2H3. The molecular weight excluding hydrogens is 218 g/mol. The molecule has 2 rings (SSSR count). The molecule has 0 aliphatic heterocycles. The van der Waals surface area contributed by atoms with Gasteiger partial charge in [-0.1, -0.05) is 0 Å². The number of nitrogens with two attached hydrogens (primary N) is 1. The molecule has 1 aromatic heterocycles. The molecule has 0 radical (unpaired) electrons.